The van der Waals surface area contributed by atoms with Crippen LogP contribution < -0.4 is 4.74 Å². The Bertz CT molecular complexity index is 1260. The molecule has 0 amide bonds. The van der Waals surface area contributed by atoms with Crippen LogP contribution in [0, 0.1) is 20.8 Å². The summed E-state index contributed by atoms with van der Waals surface area (Å²) in [4.78, 5) is 13.0. The highest BCUT2D eigenvalue weighted by atomic mass is 19.4. The maximum absolute atomic E-state index is 13.0. The van der Waals surface area contributed by atoms with E-state index in [1.807, 2.05) is 81.4 Å². The molecule has 2 nitrogen and oxygen atoms in total. The SMILES string of the molecule is Cc1c(OC(=O)c2ccc(C(F)(F)F)cc2)c(C)c(-c2ccccc2)c(C)c1-c1ccccc1. The van der Waals surface area contributed by atoms with Crippen molar-refractivity contribution in [2.75, 3.05) is 0 Å². The zero-order valence-electron chi connectivity index (χ0n) is 19.0. The summed E-state index contributed by atoms with van der Waals surface area (Å²) in [5, 5.41) is 0. The van der Waals surface area contributed by atoms with E-state index in [2.05, 4.69) is 0 Å². The van der Waals surface area contributed by atoms with E-state index in [1.165, 1.54) is 0 Å². The molecule has 5 heteroatoms. The van der Waals surface area contributed by atoms with E-state index >= 15 is 0 Å². The molecule has 0 heterocycles. The molecule has 4 aromatic rings. The van der Waals surface area contributed by atoms with Crippen molar-refractivity contribution >= 4 is 5.97 Å². The second-order valence-electron chi connectivity index (χ2n) is 8.15. The highest BCUT2D eigenvalue weighted by Gasteiger charge is 2.30. The fourth-order valence-corrected chi connectivity index (χ4v) is 4.37. The maximum Gasteiger partial charge on any atom is 0.416 e. The van der Waals surface area contributed by atoms with Crippen molar-refractivity contribution in [2.24, 2.45) is 0 Å². The first-order chi connectivity index (χ1) is 16.2. The summed E-state index contributed by atoms with van der Waals surface area (Å²) < 4.78 is 44.6. The molecule has 0 saturated heterocycles. The topological polar surface area (TPSA) is 26.3 Å². The van der Waals surface area contributed by atoms with Gasteiger partial charge in [-0.15, -0.1) is 0 Å². The van der Waals surface area contributed by atoms with Crippen molar-refractivity contribution in [1.29, 1.82) is 0 Å². The molecule has 172 valence electrons. The van der Waals surface area contributed by atoms with E-state index in [9.17, 15) is 18.0 Å². The Morgan fingerprint density at radius 2 is 1.09 bits per heavy atom. The molecule has 0 aliphatic rings. The maximum atomic E-state index is 13.0. The van der Waals surface area contributed by atoms with Gasteiger partial charge in [0.2, 0.25) is 0 Å². The van der Waals surface area contributed by atoms with Crippen molar-refractivity contribution in [3.05, 3.63) is 113 Å². The number of ether oxygens (including phenoxy) is 1. The van der Waals surface area contributed by atoms with Crippen LogP contribution in [-0.2, 0) is 6.18 Å². The number of hydrogen-bond donors (Lipinski definition) is 0. The van der Waals surface area contributed by atoms with E-state index in [0.29, 0.717) is 5.75 Å². The summed E-state index contributed by atoms with van der Waals surface area (Å²) in [7, 11) is 0. The summed E-state index contributed by atoms with van der Waals surface area (Å²) >= 11 is 0. The van der Waals surface area contributed by atoms with Crippen LogP contribution in [-0.4, -0.2) is 5.97 Å². The number of halogens is 3. The van der Waals surface area contributed by atoms with Crippen LogP contribution in [0.3, 0.4) is 0 Å². The number of esters is 1. The second-order valence-corrected chi connectivity index (χ2v) is 8.15. The molecule has 0 unspecified atom stereocenters. The fraction of sp³-hybridized carbons (Fsp3) is 0.138. The van der Waals surface area contributed by atoms with Gasteiger partial charge in [0.05, 0.1) is 11.1 Å². The quantitative estimate of drug-likeness (QED) is 0.227. The van der Waals surface area contributed by atoms with Crippen LogP contribution in [0.5, 0.6) is 5.75 Å². The van der Waals surface area contributed by atoms with E-state index in [-0.39, 0.29) is 5.56 Å². The number of benzene rings is 4. The molecule has 4 aromatic carbocycles. The Labute approximate surface area is 196 Å². The van der Waals surface area contributed by atoms with Crippen LogP contribution in [0.25, 0.3) is 22.3 Å². The highest BCUT2D eigenvalue weighted by molar-refractivity contribution is 5.93. The lowest BCUT2D eigenvalue weighted by atomic mass is 9.85. The van der Waals surface area contributed by atoms with E-state index in [1.54, 1.807) is 0 Å². The van der Waals surface area contributed by atoms with Gasteiger partial charge < -0.3 is 4.74 Å². The highest BCUT2D eigenvalue weighted by Crippen LogP contribution is 2.43. The predicted molar refractivity (Wildman–Crippen MR) is 128 cm³/mol. The summed E-state index contributed by atoms with van der Waals surface area (Å²) in [6.07, 6.45) is -4.47. The van der Waals surface area contributed by atoms with Crippen LogP contribution in [0.2, 0.25) is 0 Å². The van der Waals surface area contributed by atoms with Crippen molar-refractivity contribution in [1.82, 2.24) is 0 Å². The Kier molecular flexibility index (Phi) is 6.29. The Morgan fingerprint density at radius 1 is 0.647 bits per heavy atom. The summed E-state index contributed by atoms with van der Waals surface area (Å²) in [6.45, 7) is 5.84. The summed E-state index contributed by atoms with van der Waals surface area (Å²) in [5.41, 5.74) is 5.77. The van der Waals surface area contributed by atoms with Gasteiger partial charge in [-0.3, -0.25) is 0 Å². The Balaban J connectivity index is 1.84. The number of rotatable bonds is 4. The van der Waals surface area contributed by atoms with Gasteiger partial charge in [-0.25, -0.2) is 4.79 Å². The van der Waals surface area contributed by atoms with E-state index < -0.39 is 17.7 Å². The molecule has 0 aromatic heterocycles. The van der Waals surface area contributed by atoms with Gasteiger partial charge in [0.1, 0.15) is 5.75 Å². The zero-order chi connectivity index (χ0) is 24.5. The Hall–Kier alpha value is -3.86. The number of hydrogen-bond acceptors (Lipinski definition) is 2. The lowest BCUT2D eigenvalue weighted by Crippen LogP contribution is -2.13. The zero-order valence-corrected chi connectivity index (χ0v) is 19.0. The third-order valence-corrected chi connectivity index (χ3v) is 5.95. The van der Waals surface area contributed by atoms with Gasteiger partial charge in [-0.05, 0) is 72.9 Å². The van der Waals surface area contributed by atoms with Crippen LogP contribution in [0.1, 0.15) is 32.6 Å². The van der Waals surface area contributed by atoms with Crippen molar-refractivity contribution in [3.63, 3.8) is 0 Å². The van der Waals surface area contributed by atoms with Crippen molar-refractivity contribution in [2.45, 2.75) is 26.9 Å². The first-order valence-electron chi connectivity index (χ1n) is 10.8. The van der Waals surface area contributed by atoms with Gasteiger partial charge in [0, 0.05) is 11.1 Å². The van der Waals surface area contributed by atoms with Crippen LogP contribution >= 0.6 is 0 Å². The fourth-order valence-electron chi connectivity index (χ4n) is 4.37. The largest absolute Gasteiger partial charge is 0.422 e. The molecule has 0 atom stereocenters. The molecule has 0 spiro atoms. The standard InChI is InChI=1S/C29H23F3O2/c1-18-25(21-10-6-4-7-11-21)19(2)27(20(3)26(18)22-12-8-5-9-13-22)34-28(33)23-14-16-24(17-15-23)29(30,31)32/h4-17H,1-3H3. The first kappa shape index (κ1) is 23.3. The third-order valence-electron chi connectivity index (χ3n) is 5.95. The van der Waals surface area contributed by atoms with E-state index in [0.717, 1.165) is 63.2 Å². The summed E-state index contributed by atoms with van der Waals surface area (Å²) in [6, 6.07) is 23.7. The minimum atomic E-state index is -4.47. The lowest BCUT2D eigenvalue weighted by molar-refractivity contribution is -0.137. The molecule has 4 rings (SSSR count). The monoisotopic (exact) mass is 460 g/mol. The second kappa shape index (κ2) is 9.18. The first-order valence-corrected chi connectivity index (χ1v) is 10.8. The third kappa shape index (κ3) is 4.46. The molecule has 0 bridgehead atoms. The molecule has 0 aliphatic carbocycles. The van der Waals surface area contributed by atoms with Crippen molar-refractivity contribution < 1.29 is 22.7 Å². The van der Waals surface area contributed by atoms with Gasteiger partial charge >= 0.3 is 12.1 Å². The van der Waals surface area contributed by atoms with Gasteiger partial charge in [-0.2, -0.15) is 13.2 Å². The Morgan fingerprint density at radius 3 is 1.50 bits per heavy atom. The van der Waals surface area contributed by atoms with Gasteiger partial charge in [-0.1, -0.05) is 60.7 Å². The molecular weight excluding hydrogens is 437 g/mol. The molecule has 0 saturated carbocycles. The van der Waals surface area contributed by atoms with Gasteiger partial charge in [0.25, 0.3) is 0 Å². The van der Waals surface area contributed by atoms with Crippen LogP contribution in [0.4, 0.5) is 13.2 Å². The number of carbonyl (C=O) groups is 1. The average Bonchev–Trinajstić information content (AvgIpc) is 2.82. The normalized spacial score (nSPS) is 11.4. The molecular formula is C29H23F3O2. The molecule has 0 aliphatic heterocycles. The predicted octanol–water partition coefficient (Wildman–Crippen LogP) is 8.18. The average molecular weight is 460 g/mol. The van der Waals surface area contributed by atoms with Crippen LogP contribution in [0.15, 0.2) is 84.9 Å². The van der Waals surface area contributed by atoms with Crippen molar-refractivity contribution in [3.8, 4) is 28.0 Å². The summed E-state index contributed by atoms with van der Waals surface area (Å²) in [5.74, 6) is -0.296. The molecule has 0 fully saturated rings. The number of carbonyl (C=O) groups excluding carboxylic acids is 1. The minimum absolute atomic E-state index is 0.0508. The van der Waals surface area contributed by atoms with Gasteiger partial charge in [0.15, 0.2) is 0 Å². The molecule has 34 heavy (non-hydrogen) atoms. The molecule has 0 N–H and O–H groups in total. The lowest BCUT2D eigenvalue weighted by Gasteiger charge is -2.22. The minimum Gasteiger partial charge on any atom is -0.422 e. The smallest absolute Gasteiger partial charge is 0.416 e. The molecule has 0 radical (unpaired) electrons. The number of alkyl halides is 3. The van der Waals surface area contributed by atoms with E-state index in [4.69, 9.17) is 4.74 Å².